The topological polar surface area (TPSA) is 80.7 Å². The molecule has 0 heterocycles. The number of ether oxygens (including phenoxy) is 1. The molecule has 0 spiro atoms. The van der Waals surface area contributed by atoms with Crippen molar-refractivity contribution < 1.29 is 28.6 Å². The smallest absolute Gasteiger partial charge is 0.303 e. The molecule has 0 aromatic rings. The third-order valence-electron chi connectivity index (χ3n) is 9.02. The summed E-state index contributed by atoms with van der Waals surface area (Å²) in [6.45, 7) is 4.61. The molecular formula is C23H30BrFO5. The number of esters is 1. The maximum absolute atomic E-state index is 17.1. The van der Waals surface area contributed by atoms with Crippen molar-refractivity contribution in [1.29, 1.82) is 0 Å². The minimum atomic E-state index is -1.64. The van der Waals surface area contributed by atoms with Crippen LogP contribution in [0.1, 0.15) is 65.7 Å². The first-order valence-electron chi connectivity index (χ1n) is 10.9. The number of hydrogen-bond donors (Lipinski definition) is 1. The van der Waals surface area contributed by atoms with Crippen LogP contribution in [0.3, 0.4) is 0 Å². The lowest BCUT2D eigenvalue weighted by Gasteiger charge is -2.63. The van der Waals surface area contributed by atoms with E-state index in [9.17, 15) is 19.5 Å². The van der Waals surface area contributed by atoms with Gasteiger partial charge in [-0.1, -0.05) is 35.4 Å². The fraction of sp³-hybridized carbons (Fsp3) is 0.783. The SMILES string of the molecule is CC(=O)OCC(=O)[C@@]1(O)CC[C@H]2[C@@H]3CCC4=CC(=O)CC[C@]4(C)[C@@]3(F)C(Br)C[C@@]21C. The van der Waals surface area contributed by atoms with Crippen LogP contribution in [0.5, 0.6) is 0 Å². The summed E-state index contributed by atoms with van der Waals surface area (Å²) in [7, 11) is 0. The molecule has 0 aromatic heterocycles. The maximum Gasteiger partial charge on any atom is 0.303 e. The van der Waals surface area contributed by atoms with Gasteiger partial charge in [-0.2, -0.15) is 0 Å². The van der Waals surface area contributed by atoms with Gasteiger partial charge >= 0.3 is 5.97 Å². The average Bonchev–Trinajstić information content (AvgIpc) is 2.94. The zero-order valence-electron chi connectivity index (χ0n) is 17.8. The average molecular weight is 485 g/mol. The summed E-state index contributed by atoms with van der Waals surface area (Å²) in [6, 6.07) is 0. The highest BCUT2D eigenvalue weighted by molar-refractivity contribution is 9.09. The normalized spacial score (nSPS) is 47.6. The van der Waals surface area contributed by atoms with Gasteiger partial charge < -0.3 is 9.84 Å². The second kappa shape index (κ2) is 6.96. The molecule has 166 valence electrons. The number of Topliss-reactive ketones (excluding diaryl/α,β-unsaturated/α-hetero) is 1. The quantitative estimate of drug-likeness (QED) is 0.485. The van der Waals surface area contributed by atoms with Crippen LogP contribution in [-0.4, -0.2) is 45.3 Å². The van der Waals surface area contributed by atoms with E-state index in [1.165, 1.54) is 6.92 Å². The molecule has 1 unspecified atom stereocenters. The summed E-state index contributed by atoms with van der Waals surface area (Å²) in [5, 5.41) is 11.5. The van der Waals surface area contributed by atoms with Crippen LogP contribution in [0.2, 0.25) is 0 Å². The number of carbonyl (C=O) groups is 3. The molecule has 0 aromatic carbocycles. The van der Waals surface area contributed by atoms with Crippen molar-refractivity contribution in [1.82, 2.24) is 0 Å². The van der Waals surface area contributed by atoms with Gasteiger partial charge in [-0.3, -0.25) is 14.4 Å². The van der Waals surface area contributed by atoms with Crippen molar-refractivity contribution in [3.63, 3.8) is 0 Å². The highest BCUT2D eigenvalue weighted by Gasteiger charge is 2.74. The number of fused-ring (bicyclic) bond motifs is 5. The van der Waals surface area contributed by atoms with Crippen LogP contribution in [-0.2, 0) is 19.1 Å². The number of aliphatic hydroxyl groups is 1. The van der Waals surface area contributed by atoms with Gasteiger partial charge in [0.1, 0.15) is 11.3 Å². The van der Waals surface area contributed by atoms with Crippen LogP contribution in [0.25, 0.3) is 0 Å². The van der Waals surface area contributed by atoms with Gasteiger partial charge in [-0.25, -0.2) is 4.39 Å². The first-order valence-corrected chi connectivity index (χ1v) is 11.8. The lowest BCUT2D eigenvalue weighted by molar-refractivity contribution is -0.182. The zero-order valence-corrected chi connectivity index (χ0v) is 19.4. The summed E-state index contributed by atoms with van der Waals surface area (Å²) < 4.78 is 22.0. The largest absolute Gasteiger partial charge is 0.458 e. The van der Waals surface area contributed by atoms with E-state index in [1.54, 1.807) is 6.08 Å². The van der Waals surface area contributed by atoms with Crippen LogP contribution in [0.15, 0.2) is 11.6 Å². The standard InChI is InChI=1S/C23H30BrFO5/c1-13(26)30-12-19(28)22(29)9-7-16-17-5-4-14-10-15(27)6-8-20(14,2)23(17,25)18(24)11-21(16,22)3/h10,16-18,29H,4-9,11-12H2,1-3H3/t16-,17-,18?,20-,21-,22-,23-/m0/s1. The Bertz CT molecular complexity index is 841. The Morgan fingerprint density at radius 1 is 1.23 bits per heavy atom. The number of allylic oxidation sites excluding steroid dienone is 1. The Morgan fingerprint density at radius 2 is 1.93 bits per heavy atom. The van der Waals surface area contributed by atoms with Crippen LogP contribution < -0.4 is 0 Å². The highest BCUT2D eigenvalue weighted by Crippen LogP contribution is 2.71. The van der Waals surface area contributed by atoms with Crippen molar-refractivity contribution in [2.75, 3.05) is 6.61 Å². The highest BCUT2D eigenvalue weighted by atomic mass is 79.9. The molecule has 4 aliphatic carbocycles. The minimum Gasteiger partial charge on any atom is -0.458 e. The van der Waals surface area contributed by atoms with Gasteiger partial charge in [-0.15, -0.1) is 0 Å². The number of carbonyl (C=O) groups excluding carboxylic acids is 3. The Hall–Kier alpha value is -1.08. The van der Waals surface area contributed by atoms with Crippen molar-refractivity contribution in [3.8, 4) is 0 Å². The summed E-state index contributed by atoms with van der Waals surface area (Å²) in [4.78, 5) is 35.5. The Morgan fingerprint density at radius 3 is 2.60 bits per heavy atom. The van der Waals surface area contributed by atoms with E-state index in [0.717, 1.165) is 5.57 Å². The fourth-order valence-electron chi connectivity index (χ4n) is 7.25. The molecule has 7 heteroatoms. The monoisotopic (exact) mass is 484 g/mol. The van der Waals surface area contributed by atoms with Crippen molar-refractivity contribution in [3.05, 3.63) is 11.6 Å². The molecule has 3 fully saturated rings. The van der Waals surface area contributed by atoms with E-state index in [0.29, 0.717) is 38.5 Å². The molecule has 0 aliphatic heterocycles. The lowest BCUT2D eigenvalue weighted by atomic mass is 9.44. The van der Waals surface area contributed by atoms with Gasteiger partial charge in [0, 0.05) is 24.2 Å². The number of rotatable bonds is 3. The van der Waals surface area contributed by atoms with E-state index in [2.05, 4.69) is 15.9 Å². The number of hydrogen-bond acceptors (Lipinski definition) is 5. The van der Waals surface area contributed by atoms with Gasteiger partial charge in [0.05, 0.1) is 4.83 Å². The van der Waals surface area contributed by atoms with E-state index >= 15 is 4.39 Å². The zero-order chi connectivity index (χ0) is 22.1. The fourth-order valence-corrected chi connectivity index (χ4v) is 8.77. The van der Waals surface area contributed by atoms with E-state index in [1.807, 2.05) is 13.8 Å². The van der Waals surface area contributed by atoms with Crippen LogP contribution >= 0.6 is 15.9 Å². The van der Waals surface area contributed by atoms with E-state index in [4.69, 9.17) is 4.74 Å². The maximum atomic E-state index is 17.1. The molecule has 0 radical (unpaired) electrons. The van der Waals surface area contributed by atoms with E-state index < -0.39 is 45.3 Å². The Balaban J connectivity index is 1.71. The molecule has 5 nitrogen and oxygen atoms in total. The molecule has 0 saturated heterocycles. The first-order chi connectivity index (χ1) is 13.9. The Kier molecular flexibility index (Phi) is 5.13. The van der Waals surface area contributed by atoms with E-state index in [-0.39, 0.29) is 24.0 Å². The second-order valence-electron chi connectivity index (χ2n) is 10.2. The Labute approximate surface area is 184 Å². The van der Waals surface area contributed by atoms with Crippen LogP contribution in [0, 0.1) is 22.7 Å². The van der Waals surface area contributed by atoms with Gasteiger partial charge in [0.2, 0.25) is 5.78 Å². The minimum absolute atomic E-state index is 0.0719. The first kappa shape index (κ1) is 22.1. The molecule has 4 rings (SSSR count). The molecular weight excluding hydrogens is 455 g/mol. The second-order valence-corrected chi connectivity index (χ2v) is 11.3. The summed E-state index contributed by atoms with van der Waals surface area (Å²) in [5.41, 5.74) is -3.81. The number of alkyl halides is 2. The summed E-state index contributed by atoms with van der Waals surface area (Å²) in [6.07, 6.45) is 4.89. The third kappa shape index (κ3) is 2.70. The molecule has 0 bridgehead atoms. The molecule has 1 N–H and O–H groups in total. The predicted octanol–water partition coefficient (Wildman–Crippen LogP) is 3.85. The summed E-state index contributed by atoms with van der Waals surface area (Å²) >= 11 is 3.64. The summed E-state index contributed by atoms with van der Waals surface area (Å²) in [5.74, 6) is -1.46. The molecule has 4 aliphatic rings. The third-order valence-corrected chi connectivity index (χ3v) is 10.0. The van der Waals surface area contributed by atoms with Gasteiger partial charge in [0.25, 0.3) is 0 Å². The molecule has 3 saturated carbocycles. The van der Waals surface area contributed by atoms with Crippen molar-refractivity contribution in [2.45, 2.75) is 81.8 Å². The molecule has 7 atom stereocenters. The lowest BCUT2D eigenvalue weighted by Crippen LogP contribution is -2.68. The number of halogens is 2. The van der Waals surface area contributed by atoms with Crippen molar-refractivity contribution >= 4 is 33.5 Å². The van der Waals surface area contributed by atoms with Crippen molar-refractivity contribution in [2.24, 2.45) is 22.7 Å². The predicted molar refractivity (Wildman–Crippen MR) is 112 cm³/mol. The van der Waals surface area contributed by atoms with Gasteiger partial charge in [-0.05, 0) is 56.4 Å². The van der Waals surface area contributed by atoms with Crippen LogP contribution in [0.4, 0.5) is 4.39 Å². The number of ketones is 2. The molecule has 0 amide bonds. The van der Waals surface area contributed by atoms with Gasteiger partial charge in [0.15, 0.2) is 12.4 Å². The molecule has 30 heavy (non-hydrogen) atoms.